The van der Waals surface area contributed by atoms with Crippen LogP contribution >= 0.6 is 11.3 Å². The van der Waals surface area contributed by atoms with Gasteiger partial charge in [-0.25, -0.2) is 9.67 Å². The van der Waals surface area contributed by atoms with Gasteiger partial charge in [0.15, 0.2) is 10.8 Å². The molecule has 0 N–H and O–H groups in total. The molecule has 1 saturated heterocycles. The Morgan fingerprint density at radius 3 is 2.60 bits per heavy atom. The molecule has 0 spiro atoms. The number of nitrogens with zero attached hydrogens (tertiary/aromatic N) is 5. The van der Waals surface area contributed by atoms with Crippen molar-refractivity contribution < 1.29 is 0 Å². The van der Waals surface area contributed by atoms with Gasteiger partial charge in [0, 0.05) is 39.8 Å². The molecule has 0 bridgehead atoms. The van der Waals surface area contributed by atoms with Crippen LogP contribution in [0.2, 0.25) is 0 Å². The fourth-order valence-corrected chi connectivity index (χ4v) is 4.32. The Labute approximate surface area is 152 Å². The van der Waals surface area contributed by atoms with Crippen LogP contribution in [0.5, 0.6) is 0 Å². The summed E-state index contributed by atoms with van der Waals surface area (Å²) in [4.78, 5) is 9.70. The molecule has 0 saturated carbocycles. The molecule has 5 nitrogen and oxygen atoms in total. The molecule has 0 radical (unpaired) electrons. The Morgan fingerprint density at radius 2 is 1.88 bits per heavy atom. The van der Waals surface area contributed by atoms with Gasteiger partial charge in [-0.05, 0) is 12.5 Å². The summed E-state index contributed by atoms with van der Waals surface area (Å²) >= 11 is 1.77. The predicted octanol–water partition coefficient (Wildman–Crippen LogP) is 3.17. The number of fused-ring (bicyclic) bond motifs is 1. The third kappa shape index (κ3) is 3.45. The topological polar surface area (TPSA) is 37.2 Å². The van der Waals surface area contributed by atoms with E-state index in [0.29, 0.717) is 0 Å². The number of hydrogen-bond donors (Lipinski definition) is 0. The molecule has 4 rings (SSSR count). The second kappa shape index (κ2) is 6.98. The largest absolute Gasteiger partial charge is 0.345 e. The second-order valence-corrected chi connectivity index (χ2v) is 7.44. The summed E-state index contributed by atoms with van der Waals surface area (Å²) in [6, 6.07) is 10.5. The Hall–Kier alpha value is -2.18. The van der Waals surface area contributed by atoms with Crippen LogP contribution in [0.1, 0.15) is 11.3 Å². The number of benzene rings is 1. The third-order valence-electron chi connectivity index (χ3n) is 4.65. The molecule has 3 heterocycles. The van der Waals surface area contributed by atoms with Gasteiger partial charge >= 0.3 is 0 Å². The van der Waals surface area contributed by atoms with Gasteiger partial charge in [0.25, 0.3) is 0 Å². The Morgan fingerprint density at radius 1 is 1.12 bits per heavy atom. The highest BCUT2D eigenvalue weighted by atomic mass is 32.1. The first-order chi connectivity index (χ1) is 12.2. The Bertz CT molecular complexity index is 837. The summed E-state index contributed by atoms with van der Waals surface area (Å²) in [5.74, 6) is 0. The summed E-state index contributed by atoms with van der Waals surface area (Å²) < 4.78 is 3.10. The van der Waals surface area contributed by atoms with Gasteiger partial charge in [-0.3, -0.25) is 4.90 Å². The van der Waals surface area contributed by atoms with E-state index in [1.807, 2.05) is 11.7 Å². The molecule has 1 aliphatic heterocycles. The van der Waals surface area contributed by atoms with Crippen LogP contribution in [0.3, 0.4) is 0 Å². The summed E-state index contributed by atoms with van der Waals surface area (Å²) in [5, 5.41) is 5.57. The first-order valence-corrected chi connectivity index (χ1v) is 9.51. The van der Waals surface area contributed by atoms with E-state index < -0.39 is 0 Å². The molecule has 1 aliphatic rings. The van der Waals surface area contributed by atoms with Crippen molar-refractivity contribution >= 4 is 32.9 Å². The van der Waals surface area contributed by atoms with E-state index in [1.54, 1.807) is 11.3 Å². The first kappa shape index (κ1) is 16.3. The Kier molecular flexibility index (Phi) is 4.55. The van der Waals surface area contributed by atoms with Crippen molar-refractivity contribution in [3.05, 3.63) is 47.7 Å². The molecule has 2 aromatic heterocycles. The van der Waals surface area contributed by atoms with Gasteiger partial charge < -0.3 is 4.90 Å². The molecule has 1 aromatic carbocycles. The molecule has 0 amide bonds. The van der Waals surface area contributed by atoms with Crippen molar-refractivity contribution in [3.63, 3.8) is 0 Å². The zero-order valence-electron chi connectivity index (χ0n) is 14.7. The first-order valence-electron chi connectivity index (χ1n) is 8.70. The summed E-state index contributed by atoms with van der Waals surface area (Å²) in [6.45, 7) is 7.28. The molecule has 130 valence electrons. The monoisotopic (exact) mass is 353 g/mol. The number of rotatable bonds is 4. The summed E-state index contributed by atoms with van der Waals surface area (Å²) in [7, 11) is 1.97. The van der Waals surface area contributed by atoms with E-state index in [2.05, 4.69) is 64.3 Å². The summed E-state index contributed by atoms with van der Waals surface area (Å²) in [5.41, 5.74) is 3.34. The lowest BCUT2D eigenvalue weighted by molar-refractivity contribution is 0.284. The molecular formula is C19H23N5S. The minimum Gasteiger partial charge on any atom is -0.345 e. The van der Waals surface area contributed by atoms with E-state index in [0.717, 1.165) is 49.2 Å². The molecular weight excluding hydrogens is 330 g/mol. The lowest BCUT2D eigenvalue weighted by Gasteiger charge is -2.33. The third-order valence-corrected chi connectivity index (χ3v) is 5.86. The number of hydrogen-bond acceptors (Lipinski definition) is 5. The van der Waals surface area contributed by atoms with Crippen LogP contribution in [-0.2, 0) is 7.05 Å². The molecule has 3 aromatic rings. The highest BCUT2D eigenvalue weighted by molar-refractivity contribution is 7.22. The number of aryl methyl sites for hydroxylation is 2. The standard InChI is InChI=1S/C19H23N5S/c1-15-17-18(22(2)21-15)20-19(25-17)24-13-11-23(12-14-24)10-6-9-16-7-4-3-5-8-16/h3-9H,10-14H2,1-2H3/b9-6+. The van der Waals surface area contributed by atoms with Gasteiger partial charge in [-0.15, -0.1) is 0 Å². The van der Waals surface area contributed by atoms with Crippen molar-refractivity contribution in [2.24, 2.45) is 7.05 Å². The van der Waals surface area contributed by atoms with Gasteiger partial charge in [-0.1, -0.05) is 53.8 Å². The number of piperazine rings is 1. The average Bonchev–Trinajstić information content (AvgIpc) is 3.18. The lowest BCUT2D eigenvalue weighted by Crippen LogP contribution is -2.46. The maximum absolute atomic E-state index is 4.80. The van der Waals surface area contributed by atoms with E-state index >= 15 is 0 Å². The van der Waals surface area contributed by atoms with Crippen molar-refractivity contribution in [2.45, 2.75) is 6.92 Å². The molecule has 0 atom stereocenters. The summed E-state index contributed by atoms with van der Waals surface area (Å²) in [6.07, 6.45) is 4.47. The van der Waals surface area contributed by atoms with E-state index in [4.69, 9.17) is 4.98 Å². The van der Waals surface area contributed by atoms with Crippen LogP contribution in [0, 0.1) is 6.92 Å². The number of aromatic nitrogens is 3. The highest BCUT2D eigenvalue weighted by Gasteiger charge is 2.21. The van der Waals surface area contributed by atoms with E-state index in [1.165, 1.54) is 10.3 Å². The van der Waals surface area contributed by atoms with Gasteiger partial charge in [0.1, 0.15) is 0 Å². The SMILES string of the molecule is Cc1nn(C)c2nc(N3CCN(C/C=C/c4ccccc4)CC3)sc12. The molecule has 0 unspecified atom stereocenters. The highest BCUT2D eigenvalue weighted by Crippen LogP contribution is 2.31. The molecule has 25 heavy (non-hydrogen) atoms. The van der Waals surface area contributed by atoms with Crippen molar-refractivity contribution in [1.29, 1.82) is 0 Å². The molecule has 0 aliphatic carbocycles. The lowest BCUT2D eigenvalue weighted by atomic mass is 10.2. The number of thiazole rings is 1. The van der Waals surface area contributed by atoms with E-state index in [9.17, 15) is 0 Å². The van der Waals surface area contributed by atoms with E-state index in [-0.39, 0.29) is 0 Å². The van der Waals surface area contributed by atoms with Gasteiger partial charge in [0.05, 0.1) is 10.4 Å². The Balaban J connectivity index is 1.34. The van der Waals surface area contributed by atoms with Crippen LogP contribution < -0.4 is 4.90 Å². The zero-order chi connectivity index (χ0) is 17.2. The van der Waals surface area contributed by atoms with Crippen LogP contribution in [0.15, 0.2) is 36.4 Å². The minimum atomic E-state index is 1.01. The maximum Gasteiger partial charge on any atom is 0.188 e. The van der Waals surface area contributed by atoms with Gasteiger partial charge in [0.2, 0.25) is 0 Å². The van der Waals surface area contributed by atoms with Crippen molar-refractivity contribution in [3.8, 4) is 0 Å². The zero-order valence-corrected chi connectivity index (χ0v) is 15.5. The second-order valence-electron chi connectivity index (χ2n) is 6.46. The molecule has 1 fully saturated rings. The van der Waals surface area contributed by atoms with Crippen molar-refractivity contribution in [1.82, 2.24) is 19.7 Å². The van der Waals surface area contributed by atoms with Crippen LogP contribution in [-0.4, -0.2) is 52.4 Å². The maximum atomic E-state index is 4.80. The van der Waals surface area contributed by atoms with Gasteiger partial charge in [-0.2, -0.15) is 5.10 Å². The number of anilines is 1. The fourth-order valence-electron chi connectivity index (χ4n) is 3.23. The average molecular weight is 353 g/mol. The van der Waals surface area contributed by atoms with Crippen LogP contribution in [0.4, 0.5) is 5.13 Å². The molecule has 6 heteroatoms. The van der Waals surface area contributed by atoms with Crippen LogP contribution in [0.25, 0.3) is 16.4 Å². The van der Waals surface area contributed by atoms with Crippen molar-refractivity contribution in [2.75, 3.05) is 37.6 Å². The predicted molar refractivity (Wildman–Crippen MR) is 105 cm³/mol. The fraction of sp³-hybridized carbons (Fsp3) is 0.368. The smallest absolute Gasteiger partial charge is 0.188 e. The quantitative estimate of drug-likeness (QED) is 0.722. The minimum absolute atomic E-state index is 1.01. The normalized spacial score (nSPS) is 16.3.